The van der Waals surface area contributed by atoms with E-state index in [4.69, 9.17) is 5.73 Å². The van der Waals surface area contributed by atoms with Crippen LogP contribution in [0, 0.1) is 0 Å². The largest absolute Gasteiger partial charge is 0.330 e. The Morgan fingerprint density at radius 3 is 2.74 bits per heavy atom. The van der Waals surface area contributed by atoms with Gasteiger partial charge in [-0.1, -0.05) is 30.3 Å². The van der Waals surface area contributed by atoms with E-state index in [1.165, 1.54) is 0 Å². The fourth-order valence-electron chi connectivity index (χ4n) is 1.86. The Morgan fingerprint density at radius 1 is 1.21 bits per heavy atom. The van der Waals surface area contributed by atoms with Crippen molar-refractivity contribution in [2.75, 3.05) is 6.54 Å². The highest BCUT2D eigenvalue weighted by Crippen LogP contribution is 2.22. The van der Waals surface area contributed by atoms with Crippen LogP contribution in [-0.2, 0) is 11.2 Å². The molecule has 0 atom stereocenters. The van der Waals surface area contributed by atoms with Crippen molar-refractivity contribution < 1.29 is 4.79 Å². The Kier molecular flexibility index (Phi) is 5.24. The maximum absolute atomic E-state index is 11.8. The van der Waals surface area contributed by atoms with Gasteiger partial charge in [-0.05, 0) is 19.4 Å². The average molecular weight is 274 g/mol. The van der Waals surface area contributed by atoms with E-state index < -0.39 is 0 Å². The summed E-state index contributed by atoms with van der Waals surface area (Å²) < 4.78 is 0. The molecule has 0 bridgehead atoms. The molecule has 2 rings (SSSR count). The first-order valence-electron chi connectivity index (χ1n) is 6.51. The van der Waals surface area contributed by atoms with Crippen molar-refractivity contribution in [3.8, 4) is 11.3 Å². The summed E-state index contributed by atoms with van der Waals surface area (Å²) in [6.45, 7) is 0.655. The molecule has 3 nitrogen and oxygen atoms in total. The standard InChI is InChI=1S/C15H18N2OS/c16-9-5-4-8-13(18)10-15-17-14(11-19-15)12-6-2-1-3-7-12/h1-3,6-7,11H,4-5,8-10,16H2. The van der Waals surface area contributed by atoms with Crippen molar-refractivity contribution >= 4 is 17.1 Å². The fraction of sp³-hybridized carbons (Fsp3) is 0.333. The number of thiazole rings is 1. The zero-order chi connectivity index (χ0) is 13.5. The van der Waals surface area contributed by atoms with Crippen LogP contribution in [0.3, 0.4) is 0 Å². The summed E-state index contributed by atoms with van der Waals surface area (Å²) >= 11 is 1.56. The Morgan fingerprint density at radius 2 is 2.00 bits per heavy atom. The smallest absolute Gasteiger partial charge is 0.139 e. The van der Waals surface area contributed by atoms with E-state index in [-0.39, 0.29) is 5.78 Å². The number of aromatic nitrogens is 1. The quantitative estimate of drug-likeness (QED) is 0.789. The molecule has 1 heterocycles. The van der Waals surface area contributed by atoms with Gasteiger partial charge >= 0.3 is 0 Å². The van der Waals surface area contributed by atoms with E-state index in [2.05, 4.69) is 4.98 Å². The van der Waals surface area contributed by atoms with Gasteiger partial charge in [-0.25, -0.2) is 4.98 Å². The van der Waals surface area contributed by atoms with Gasteiger partial charge < -0.3 is 5.73 Å². The topological polar surface area (TPSA) is 56.0 Å². The number of carbonyl (C=O) groups is 1. The minimum absolute atomic E-state index is 0.252. The first kappa shape index (κ1) is 13.9. The molecule has 19 heavy (non-hydrogen) atoms. The molecule has 4 heteroatoms. The van der Waals surface area contributed by atoms with Crippen molar-refractivity contribution in [2.45, 2.75) is 25.7 Å². The van der Waals surface area contributed by atoms with E-state index in [1.807, 2.05) is 35.7 Å². The molecular weight excluding hydrogens is 256 g/mol. The van der Waals surface area contributed by atoms with E-state index in [0.717, 1.165) is 29.1 Å². The molecule has 2 N–H and O–H groups in total. The maximum Gasteiger partial charge on any atom is 0.139 e. The van der Waals surface area contributed by atoms with Crippen molar-refractivity contribution in [1.29, 1.82) is 0 Å². The van der Waals surface area contributed by atoms with Gasteiger partial charge in [-0.2, -0.15) is 0 Å². The monoisotopic (exact) mass is 274 g/mol. The van der Waals surface area contributed by atoms with Crippen LogP contribution in [-0.4, -0.2) is 17.3 Å². The molecule has 0 amide bonds. The van der Waals surface area contributed by atoms with Crippen molar-refractivity contribution in [1.82, 2.24) is 4.98 Å². The Balaban J connectivity index is 1.93. The van der Waals surface area contributed by atoms with Crippen LogP contribution < -0.4 is 5.73 Å². The van der Waals surface area contributed by atoms with Gasteiger partial charge in [-0.3, -0.25) is 4.79 Å². The predicted octanol–water partition coefficient (Wildman–Crippen LogP) is 3.05. The SMILES string of the molecule is NCCCCC(=O)Cc1nc(-c2ccccc2)cs1. The number of ketones is 1. The molecule has 0 fully saturated rings. The molecule has 0 spiro atoms. The number of carbonyl (C=O) groups excluding carboxylic acids is 1. The third-order valence-corrected chi connectivity index (χ3v) is 3.73. The fourth-order valence-corrected chi connectivity index (χ4v) is 2.69. The Bertz CT molecular complexity index is 522. The zero-order valence-corrected chi connectivity index (χ0v) is 11.7. The summed E-state index contributed by atoms with van der Waals surface area (Å²) in [6, 6.07) is 10.0. The van der Waals surface area contributed by atoms with Crippen LogP contribution in [0.25, 0.3) is 11.3 Å². The number of nitrogens with two attached hydrogens (primary N) is 1. The highest BCUT2D eigenvalue weighted by atomic mass is 32.1. The van der Waals surface area contributed by atoms with E-state index >= 15 is 0 Å². The lowest BCUT2D eigenvalue weighted by Crippen LogP contribution is -2.04. The number of benzene rings is 1. The minimum atomic E-state index is 0.252. The molecule has 0 unspecified atom stereocenters. The lowest BCUT2D eigenvalue weighted by molar-refractivity contribution is -0.118. The number of rotatable bonds is 7. The second-order valence-electron chi connectivity index (χ2n) is 4.45. The molecule has 0 aliphatic heterocycles. The van der Waals surface area contributed by atoms with Crippen LogP contribution in [0.1, 0.15) is 24.3 Å². The number of nitrogens with zero attached hydrogens (tertiary/aromatic N) is 1. The molecule has 0 aliphatic rings. The van der Waals surface area contributed by atoms with Gasteiger partial charge in [0.15, 0.2) is 0 Å². The van der Waals surface area contributed by atoms with Crippen molar-refractivity contribution in [3.05, 3.63) is 40.7 Å². The molecule has 1 aromatic carbocycles. The van der Waals surface area contributed by atoms with Gasteiger partial charge in [0.1, 0.15) is 10.8 Å². The van der Waals surface area contributed by atoms with Gasteiger partial charge in [-0.15, -0.1) is 11.3 Å². The van der Waals surface area contributed by atoms with Crippen molar-refractivity contribution in [2.24, 2.45) is 5.73 Å². The normalized spacial score (nSPS) is 10.6. The zero-order valence-electron chi connectivity index (χ0n) is 10.8. The van der Waals surface area contributed by atoms with Crippen LogP contribution >= 0.6 is 11.3 Å². The van der Waals surface area contributed by atoms with E-state index in [0.29, 0.717) is 19.4 Å². The van der Waals surface area contributed by atoms with E-state index in [1.54, 1.807) is 11.3 Å². The number of Topliss-reactive ketones (excluding diaryl/α,β-unsaturated/α-hetero) is 1. The van der Waals surface area contributed by atoms with Crippen LogP contribution in [0.15, 0.2) is 35.7 Å². The van der Waals surface area contributed by atoms with Crippen LogP contribution in [0.5, 0.6) is 0 Å². The Labute approximate surface area is 117 Å². The summed E-state index contributed by atoms with van der Waals surface area (Å²) in [5.74, 6) is 0.252. The van der Waals surface area contributed by atoms with Crippen molar-refractivity contribution in [3.63, 3.8) is 0 Å². The van der Waals surface area contributed by atoms with E-state index in [9.17, 15) is 4.79 Å². The second kappa shape index (κ2) is 7.16. The van der Waals surface area contributed by atoms with Gasteiger partial charge in [0.05, 0.1) is 12.1 Å². The molecule has 0 aliphatic carbocycles. The summed E-state index contributed by atoms with van der Waals surface area (Å²) in [5, 5.41) is 2.91. The summed E-state index contributed by atoms with van der Waals surface area (Å²) in [6.07, 6.45) is 2.85. The van der Waals surface area contributed by atoms with Gasteiger partial charge in [0.25, 0.3) is 0 Å². The molecule has 100 valence electrons. The number of hydrogen-bond acceptors (Lipinski definition) is 4. The van der Waals surface area contributed by atoms with Crippen LogP contribution in [0.2, 0.25) is 0 Å². The maximum atomic E-state index is 11.8. The number of hydrogen-bond donors (Lipinski definition) is 1. The first-order chi connectivity index (χ1) is 9.29. The minimum Gasteiger partial charge on any atom is -0.330 e. The summed E-state index contributed by atoms with van der Waals surface area (Å²) in [4.78, 5) is 16.3. The lowest BCUT2D eigenvalue weighted by atomic mass is 10.1. The second-order valence-corrected chi connectivity index (χ2v) is 5.40. The highest BCUT2D eigenvalue weighted by Gasteiger charge is 2.08. The number of unbranched alkanes of at least 4 members (excludes halogenated alkanes) is 1. The average Bonchev–Trinajstić information content (AvgIpc) is 2.88. The third kappa shape index (κ3) is 4.26. The lowest BCUT2D eigenvalue weighted by Gasteiger charge is -1.98. The molecule has 0 saturated carbocycles. The highest BCUT2D eigenvalue weighted by molar-refractivity contribution is 7.10. The predicted molar refractivity (Wildman–Crippen MR) is 79.2 cm³/mol. The van der Waals surface area contributed by atoms with Gasteiger partial charge in [0.2, 0.25) is 0 Å². The molecule has 0 saturated heterocycles. The molecule has 0 radical (unpaired) electrons. The van der Waals surface area contributed by atoms with Crippen LogP contribution in [0.4, 0.5) is 0 Å². The summed E-state index contributed by atoms with van der Waals surface area (Å²) in [5.41, 5.74) is 7.47. The first-order valence-corrected chi connectivity index (χ1v) is 7.39. The molecular formula is C15H18N2OS. The molecule has 1 aromatic heterocycles. The molecule has 2 aromatic rings. The third-order valence-electron chi connectivity index (χ3n) is 2.88. The Hall–Kier alpha value is -1.52. The summed E-state index contributed by atoms with van der Waals surface area (Å²) in [7, 11) is 0. The van der Waals surface area contributed by atoms with Gasteiger partial charge in [0, 0.05) is 17.4 Å².